The van der Waals surface area contributed by atoms with E-state index in [2.05, 4.69) is 62.5 Å². The van der Waals surface area contributed by atoms with Gasteiger partial charge < -0.3 is 10.2 Å². The molecule has 1 atom stereocenters. The molecule has 4 rings (SSSR count). The second kappa shape index (κ2) is 5.05. The maximum atomic E-state index is 3.68. The first-order valence-corrected chi connectivity index (χ1v) is 8.26. The molecule has 1 aliphatic carbocycles. The Balaban J connectivity index is 1.62. The highest BCUT2D eigenvalue weighted by Gasteiger charge is 2.33. The molecule has 0 spiro atoms. The molecule has 0 amide bonds. The molecule has 3 heteroatoms. The number of halogens is 1. The largest absolute Gasteiger partial charge is 0.369 e. The molecule has 1 N–H and O–H groups in total. The minimum absolute atomic E-state index is 0.698. The first-order chi connectivity index (χ1) is 9.79. The zero-order chi connectivity index (χ0) is 13.5. The molecule has 1 saturated heterocycles. The van der Waals surface area contributed by atoms with Crippen LogP contribution in [0.4, 0.5) is 5.69 Å². The molecule has 2 aromatic rings. The van der Waals surface area contributed by atoms with Crippen molar-refractivity contribution in [1.29, 1.82) is 0 Å². The maximum absolute atomic E-state index is 3.68. The predicted molar refractivity (Wildman–Crippen MR) is 88.4 cm³/mol. The Kier molecular flexibility index (Phi) is 3.20. The first kappa shape index (κ1) is 12.7. The van der Waals surface area contributed by atoms with Gasteiger partial charge in [0.2, 0.25) is 0 Å². The molecule has 2 fully saturated rings. The van der Waals surface area contributed by atoms with Crippen molar-refractivity contribution in [3.05, 3.63) is 40.9 Å². The van der Waals surface area contributed by atoms with Crippen LogP contribution in [-0.2, 0) is 0 Å². The van der Waals surface area contributed by atoms with Crippen LogP contribution < -0.4 is 10.2 Å². The molecule has 2 nitrogen and oxygen atoms in total. The molecule has 20 heavy (non-hydrogen) atoms. The summed E-state index contributed by atoms with van der Waals surface area (Å²) in [5.74, 6) is 0.925. The van der Waals surface area contributed by atoms with Gasteiger partial charge in [0.1, 0.15) is 0 Å². The van der Waals surface area contributed by atoms with Crippen LogP contribution in [0.2, 0.25) is 0 Å². The number of hydrogen-bond acceptors (Lipinski definition) is 2. The standard InChI is InChI=1S/C17H19BrN2/c18-15-5-3-14-10-16(6-4-13(14)9-15)20-8-7-19-17(11-20)12-1-2-12/h3-6,9-10,12,17,19H,1-2,7-8,11H2. The van der Waals surface area contributed by atoms with E-state index < -0.39 is 0 Å². The Labute approximate surface area is 128 Å². The van der Waals surface area contributed by atoms with E-state index in [0.29, 0.717) is 6.04 Å². The van der Waals surface area contributed by atoms with Crippen molar-refractivity contribution >= 4 is 32.4 Å². The number of piperazine rings is 1. The molecule has 0 aromatic heterocycles. The van der Waals surface area contributed by atoms with E-state index in [1.54, 1.807) is 0 Å². The van der Waals surface area contributed by atoms with E-state index in [-0.39, 0.29) is 0 Å². The van der Waals surface area contributed by atoms with Gasteiger partial charge in [-0.2, -0.15) is 0 Å². The van der Waals surface area contributed by atoms with Crippen molar-refractivity contribution < 1.29 is 0 Å². The van der Waals surface area contributed by atoms with Crippen molar-refractivity contribution in [2.75, 3.05) is 24.5 Å². The van der Waals surface area contributed by atoms with Crippen molar-refractivity contribution in [1.82, 2.24) is 5.32 Å². The number of hydrogen-bond donors (Lipinski definition) is 1. The lowest BCUT2D eigenvalue weighted by atomic mass is 10.1. The van der Waals surface area contributed by atoms with Crippen LogP contribution in [0.5, 0.6) is 0 Å². The van der Waals surface area contributed by atoms with Crippen molar-refractivity contribution in [2.45, 2.75) is 18.9 Å². The molecule has 104 valence electrons. The lowest BCUT2D eigenvalue weighted by molar-refractivity contribution is 0.419. The Morgan fingerprint density at radius 3 is 2.70 bits per heavy atom. The minimum Gasteiger partial charge on any atom is -0.369 e. The summed E-state index contributed by atoms with van der Waals surface area (Å²) >= 11 is 3.54. The molecular formula is C17H19BrN2. The number of benzene rings is 2. The fourth-order valence-corrected chi connectivity index (χ4v) is 3.61. The molecule has 2 aromatic carbocycles. The SMILES string of the molecule is Brc1ccc2cc(N3CCNC(C4CC4)C3)ccc2c1. The number of nitrogens with one attached hydrogen (secondary N) is 1. The molecule has 1 heterocycles. The number of anilines is 1. The van der Waals surface area contributed by atoms with E-state index in [1.807, 2.05) is 0 Å². The van der Waals surface area contributed by atoms with Gasteiger partial charge in [-0.3, -0.25) is 0 Å². The van der Waals surface area contributed by atoms with Crippen LogP contribution >= 0.6 is 15.9 Å². The third-order valence-electron chi connectivity index (χ3n) is 4.55. The number of rotatable bonds is 2. The van der Waals surface area contributed by atoms with Crippen LogP contribution in [-0.4, -0.2) is 25.7 Å². The summed E-state index contributed by atoms with van der Waals surface area (Å²) in [5, 5.41) is 6.31. The van der Waals surface area contributed by atoms with Crippen molar-refractivity contribution in [3.8, 4) is 0 Å². The quantitative estimate of drug-likeness (QED) is 0.901. The van der Waals surface area contributed by atoms with Gasteiger partial charge in [-0.15, -0.1) is 0 Å². The fraction of sp³-hybridized carbons (Fsp3) is 0.412. The predicted octanol–water partition coefficient (Wildman–Crippen LogP) is 3.79. The van der Waals surface area contributed by atoms with Crippen molar-refractivity contribution in [3.63, 3.8) is 0 Å². The summed E-state index contributed by atoms with van der Waals surface area (Å²) in [6.45, 7) is 3.39. The summed E-state index contributed by atoms with van der Waals surface area (Å²) in [6, 6.07) is 14.0. The molecule has 1 saturated carbocycles. The smallest absolute Gasteiger partial charge is 0.0373 e. The van der Waals surface area contributed by atoms with Crippen LogP contribution in [0.25, 0.3) is 10.8 Å². The summed E-state index contributed by atoms with van der Waals surface area (Å²) in [4.78, 5) is 2.54. The van der Waals surface area contributed by atoms with Gasteiger partial charge in [0.25, 0.3) is 0 Å². The van der Waals surface area contributed by atoms with Crippen LogP contribution in [0.15, 0.2) is 40.9 Å². The van der Waals surface area contributed by atoms with Crippen LogP contribution in [0.3, 0.4) is 0 Å². The summed E-state index contributed by atoms with van der Waals surface area (Å²) in [7, 11) is 0. The van der Waals surface area contributed by atoms with Gasteiger partial charge in [-0.05, 0) is 53.8 Å². The highest BCUT2D eigenvalue weighted by molar-refractivity contribution is 9.10. The number of nitrogens with zero attached hydrogens (tertiary/aromatic N) is 1. The summed E-state index contributed by atoms with van der Waals surface area (Å²) in [6.07, 6.45) is 2.83. The number of fused-ring (bicyclic) bond motifs is 1. The average Bonchev–Trinajstić information content (AvgIpc) is 3.31. The van der Waals surface area contributed by atoms with E-state index in [9.17, 15) is 0 Å². The molecule has 1 unspecified atom stereocenters. The maximum Gasteiger partial charge on any atom is 0.0373 e. The van der Waals surface area contributed by atoms with Crippen LogP contribution in [0, 0.1) is 5.92 Å². The second-order valence-electron chi connectivity index (χ2n) is 6.02. The molecule has 0 bridgehead atoms. The Morgan fingerprint density at radius 2 is 1.85 bits per heavy atom. The van der Waals surface area contributed by atoms with E-state index in [1.165, 1.54) is 29.3 Å². The zero-order valence-corrected chi connectivity index (χ0v) is 13.1. The Morgan fingerprint density at radius 1 is 1.05 bits per heavy atom. The highest BCUT2D eigenvalue weighted by Crippen LogP contribution is 2.34. The topological polar surface area (TPSA) is 15.3 Å². The normalized spacial score (nSPS) is 23.2. The summed E-state index contributed by atoms with van der Waals surface area (Å²) in [5.41, 5.74) is 1.37. The lowest BCUT2D eigenvalue weighted by Gasteiger charge is -2.35. The molecule has 2 aliphatic rings. The molecular weight excluding hydrogens is 312 g/mol. The third kappa shape index (κ3) is 2.45. The van der Waals surface area contributed by atoms with Gasteiger partial charge >= 0.3 is 0 Å². The van der Waals surface area contributed by atoms with E-state index >= 15 is 0 Å². The van der Waals surface area contributed by atoms with Gasteiger partial charge in [-0.25, -0.2) is 0 Å². The molecule has 1 aliphatic heterocycles. The summed E-state index contributed by atoms with van der Waals surface area (Å²) < 4.78 is 1.15. The first-order valence-electron chi connectivity index (χ1n) is 7.47. The van der Waals surface area contributed by atoms with Gasteiger partial charge in [0, 0.05) is 35.8 Å². The van der Waals surface area contributed by atoms with E-state index in [4.69, 9.17) is 0 Å². The van der Waals surface area contributed by atoms with E-state index in [0.717, 1.165) is 30.0 Å². The zero-order valence-electron chi connectivity index (χ0n) is 11.5. The van der Waals surface area contributed by atoms with Crippen molar-refractivity contribution in [2.24, 2.45) is 5.92 Å². The Bertz CT molecular complexity index is 636. The highest BCUT2D eigenvalue weighted by atomic mass is 79.9. The van der Waals surface area contributed by atoms with Gasteiger partial charge in [-0.1, -0.05) is 28.1 Å². The molecule has 0 radical (unpaired) electrons. The van der Waals surface area contributed by atoms with Gasteiger partial charge in [0.05, 0.1) is 0 Å². The average molecular weight is 331 g/mol. The minimum atomic E-state index is 0.698. The fourth-order valence-electron chi connectivity index (χ4n) is 3.23. The lowest BCUT2D eigenvalue weighted by Crippen LogP contribution is -2.51. The second-order valence-corrected chi connectivity index (χ2v) is 6.94. The third-order valence-corrected chi connectivity index (χ3v) is 5.04. The van der Waals surface area contributed by atoms with Crippen LogP contribution in [0.1, 0.15) is 12.8 Å². The van der Waals surface area contributed by atoms with Gasteiger partial charge in [0.15, 0.2) is 0 Å². The Hall–Kier alpha value is -1.06. The monoisotopic (exact) mass is 330 g/mol.